The highest BCUT2D eigenvalue weighted by Gasteiger charge is 2.32. The Balaban J connectivity index is 2.19. The zero-order chi connectivity index (χ0) is 15.2. The third-order valence-corrected chi connectivity index (χ3v) is 4.29. The van der Waals surface area contributed by atoms with E-state index in [9.17, 15) is 4.79 Å². The van der Waals surface area contributed by atoms with Crippen LogP contribution in [0.25, 0.3) is 0 Å². The summed E-state index contributed by atoms with van der Waals surface area (Å²) in [6.07, 6.45) is 4.58. The van der Waals surface area contributed by atoms with Crippen molar-refractivity contribution in [2.24, 2.45) is 5.92 Å². The Morgan fingerprint density at radius 3 is 2.48 bits per heavy atom. The molecule has 2 rings (SSSR count). The Bertz CT molecular complexity index is 452. The monoisotopic (exact) mass is 291 g/mol. The van der Waals surface area contributed by atoms with Crippen molar-refractivity contribution >= 4 is 5.91 Å². The Kier molecular flexibility index (Phi) is 5.62. The van der Waals surface area contributed by atoms with Gasteiger partial charge in [-0.05, 0) is 43.4 Å². The molecule has 0 aromatic heterocycles. The molecule has 0 saturated heterocycles. The van der Waals surface area contributed by atoms with Gasteiger partial charge in [-0.3, -0.25) is 4.79 Å². The van der Waals surface area contributed by atoms with Gasteiger partial charge in [0.1, 0.15) is 5.75 Å². The lowest BCUT2D eigenvalue weighted by Gasteiger charge is -2.25. The van der Waals surface area contributed by atoms with Crippen molar-refractivity contribution in [1.82, 2.24) is 5.32 Å². The van der Waals surface area contributed by atoms with Crippen LogP contribution in [0.3, 0.4) is 0 Å². The van der Waals surface area contributed by atoms with Gasteiger partial charge in [-0.25, -0.2) is 0 Å². The second-order valence-electron chi connectivity index (χ2n) is 5.89. The minimum absolute atomic E-state index is 0.0219. The highest BCUT2D eigenvalue weighted by Crippen LogP contribution is 2.38. The maximum Gasteiger partial charge on any atom is 0.228 e. The number of hydrogen-bond acceptors (Lipinski definition) is 3. The lowest BCUT2D eigenvalue weighted by Crippen LogP contribution is -2.40. The molecule has 21 heavy (non-hydrogen) atoms. The molecule has 1 aliphatic carbocycles. The predicted octanol–water partition coefficient (Wildman–Crippen LogP) is 2.47. The van der Waals surface area contributed by atoms with E-state index in [0.717, 1.165) is 24.2 Å². The van der Waals surface area contributed by atoms with Crippen LogP contribution in [0, 0.1) is 5.92 Å². The average Bonchev–Trinajstić information content (AvgIpc) is 3.02. The van der Waals surface area contributed by atoms with Crippen molar-refractivity contribution in [3.8, 4) is 5.75 Å². The maximum absolute atomic E-state index is 12.6. The molecule has 1 aliphatic rings. The van der Waals surface area contributed by atoms with Crippen molar-refractivity contribution in [3.05, 3.63) is 29.8 Å². The molecule has 0 bridgehead atoms. The Hall–Kier alpha value is -1.55. The number of aliphatic hydroxyl groups excluding tert-OH is 1. The molecule has 1 amide bonds. The topological polar surface area (TPSA) is 58.6 Å². The van der Waals surface area contributed by atoms with E-state index >= 15 is 0 Å². The van der Waals surface area contributed by atoms with Crippen LogP contribution in [0.2, 0.25) is 0 Å². The minimum atomic E-state index is -0.209. The molecule has 0 radical (unpaired) electrons. The summed E-state index contributed by atoms with van der Waals surface area (Å²) in [6, 6.07) is 7.55. The molecule has 116 valence electrons. The third-order valence-electron chi connectivity index (χ3n) is 4.29. The molecule has 0 aliphatic heterocycles. The van der Waals surface area contributed by atoms with Crippen molar-refractivity contribution in [2.45, 2.75) is 44.6 Å². The fourth-order valence-corrected chi connectivity index (χ4v) is 3.12. The SMILES string of the molecule is COc1ccc(C(C(=O)NC(C)CO)C2CCCC2)cc1. The Morgan fingerprint density at radius 1 is 1.33 bits per heavy atom. The van der Waals surface area contributed by atoms with Gasteiger partial charge < -0.3 is 15.2 Å². The molecular weight excluding hydrogens is 266 g/mol. The summed E-state index contributed by atoms with van der Waals surface area (Å²) in [5.74, 6) is 1.08. The zero-order valence-corrected chi connectivity index (χ0v) is 12.8. The summed E-state index contributed by atoms with van der Waals surface area (Å²) in [6.45, 7) is 1.78. The van der Waals surface area contributed by atoms with Gasteiger partial charge in [-0.15, -0.1) is 0 Å². The number of nitrogens with one attached hydrogen (secondary N) is 1. The van der Waals surface area contributed by atoms with Crippen LogP contribution in [-0.4, -0.2) is 30.8 Å². The summed E-state index contributed by atoms with van der Waals surface area (Å²) in [7, 11) is 1.64. The summed E-state index contributed by atoms with van der Waals surface area (Å²) in [5.41, 5.74) is 1.03. The standard InChI is InChI=1S/C17H25NO3/c1-12(11-19)18-17(20)16(13-5-3-4-6-13)14-7-9-15(21-2)10-8-14/h7-10,12-13,16,19H,3-6,11H2,1-2H3,(H,18,20). The summed E-state index contributed by atoms with van der Waals surface area (Å²) in [5, 5.41) is 12.1. The van der Waals surface area contributed by atoms with E-state index in [4.69, 9.17) is 9.84 Å². The summed E-state index contributed by atoms with van der Waals surface area (Å²) < 4.78 is 5.18. The zero-order valence-electron chi connectivity index (χ0n) is 12.8. The van der Waals surface area contributed by atoms with Crippen molar-refractivity contribution in [3.63, 3.8) is 0 Å². The van der Waals surface area contributed by atoms with Crippen LogP contribution in [0.4, 0.5) is 0 Å². The predicted molar refractivity (Wildman–Crippen MR) is 82.4 cm³/mol. The van der Waals surface area contributed by atoms with Crippen LogP contribution in [0.15, 0.2) is 24.3 Å². The molecule has 2 N–H and O–H groups in total. The molecule has 4 nitrogen and oxygen atoms in total. The normalized spacial score (nSPS) is 18.2. The van der Waals surface area contributed by atoms with E-state index < -0.39 is 0 Å². The van der Waals surface area contributed by atoms with Crippen molar-refractivity contribution < 1.29 is 14.6 Å². The van der Waals surface area contributed by atoms with E-state index in [1.54, 1.807) is 7.11 Å². The first-order valence-electron chi connectivity index (χ1n) is 7.71. The van der Waals surface area contributed by atoms with Crippen LogP contribution < -0.4 is 10.1 Å². The number of carbonyl (C=O) groups excluding carboxylic acids is 1. The molecule has 1 aromatic carbocycles. The quantitative estimate of drug-likeness (QED) is 0.846. The summed E-state index contributed by atoms with van der Waals surface area (Å²) >= 11 is 0. The van der Waals surface area contributed by atoms with Gasteiger partial charge in [0.25, 0.3) is 0 Å². The fourth-order valence-electron chi connectivity index (χ4n) is 3.12. The van der Waals surface area contributed by atoms with E-state index in [2.05, 4.69) is 5.32 Å². The van der Waals surface area contributed by atoms with Crippen LogP contribution in [-0.2, 0) is 4.79 Å². The molecule has 2 unspecified atom stereocenters. The molecule has 1 saturated carbocycles. The lowest BCUT2D eigenvalue weighted by molar-refractivity contribution is -0.124. The highest BCUT2D eigenvalue weighted by molar-refractivity contribution is 5.84. The lowest BCUT2D eigenvalue weighted by atomic mass is 9.84. The number of ether oxygens (including phenoxy) is 1. The van der Waals surface area contributed by atoms with E-state index in [1.165, 1.54) is 12.8 Å². The van der Waals surface area contributed by atoms with Gasteiger partial charge in [0.2, 0.25) is 5.91 Å². The Morgan fingerprint density at radius 2 is 1.95 bits per heavy atom. The van der Waals surface area contributed by atoms with Gasteiger partial charge in [-0.1, -0.05) is 25.0 Å². The van der Waals surface area contributed by atoms with Crippen molar-refractivity contribution in [2.75, 3.05) is 13.7 Å². The van der Waals surface area contributed by atoms with Gasteiger partial charge in [0.15, 0.2) is 0 Å². The third kappa shape index (κ3) is 3.97. The van der Waals surface area contributed by atoms with Gasteiger partial charge in [0, 0.05) is 6.04 Å². The molecule has 1 fully saturated rings. The minimum Gasteiger partial charge on any atom is -0.497 e. The van der Waals surface area contributed by atoms with Gasteiger partial charge in [-0.2, -0.15) is 0 Å². The first-order chi connectivity index (χ1) is 10.2. The highest BCUT2D eigenvalue weighted by atomic mass is 16.5. The summed E-state index contributed by atoms with van der Waals surface area (Å²) in [4.78, 5) is 12.6. The maximum atomic E-state index is 12.6. The van der Waals surface area contributed by atoms with Crippen LogP contribution in [0.1, 0.15) is 44.1 Å². The number of aliphatic hydroxyl groups is 1. The molecule has 0 spiro atoms. The molecule has 2 atom stereocenters. The van der Waals surface area contributed by atoms with E-state index in [0.29, 0.717) is 5.92 Å². The second-order valence-corrected chi connectivity index (χ2v) is 5.89. The van der Waals surface area contributed by atoms with Crippen LogP contribution in [0.5, 0.6) is 5.75 Å². The number of methoxy groups -OCH3 is 1. The van der Waals surface area contributed by atoms with Gasteiger partial charge in [0.05, 0.1) is 19.6 Å². The molecule has 0 heterocycles. The number of rotatable bonds is 6. The fraction of sp³-hybridized carbons (Fsp3) is 0.588. The number of amides is 1. The number of hydrogen-bond donors (Lipinski definition) is 2. The Labute approximate surface area is 126 Å². The second kappa shape index (κ2) is 7.46. The van der Waals surface area contributed by atoms with E-state index in [1.807, 2.05) is 31.2 Å². The molecule has 4 heteroatoms. The first-order valence-corrected chi connectivity index (χ1v) is 7.71. The van der Waals surface area contributed by atoms with Crippen LogP contribution >= 0.6 is 0 Å². The van der Waals surface area contributed by atoms with E-state index in [-0.39, 0.29) is 24.5 Å². The van der Waals surface area contributed by atoms with Crippen molar-refractivity contribution in [1.29, 1.82) is 0 Å². The smallest absolute Gasteiger partial charge is 0.228 e. The number of carbonyl (C=O) groups is 1. The molecular formula is C17H25NO3. The average molecular weight is 291 g/mol. The first kappa shape index (κ1) is 15.8. The molecule has 1 aromatic rings. The largest absolute Gasteiger partial charge is 0.497 e. The number of benzene rings is 1. The van der Waals surface area contributed by atoms with Gasteiger partial charge >= 0.3 is 0 Å².